The minimum Gasteiger partial charge on any atom is -0.468 e. The van der Waals surface area contributed by atoms with Crippen molar-refractivity contribution in [2.24, 2.45) is 5.92 Å². The van der Waals surface area contributed by atoms with Gasteiger partial charge in [-0.05, 0) is 76.2 Å². The predicted molar refractivity (Wildman–Crippen MR) is 180 cm³/mol. The molecule has 1 aromatic rings. The summed E-state index contributed by atoms with van der Waals surface area (Å²) in [5.41, 5.74) is 0.331. The standard InChI is InChI=1S/C35H53N5O9/c1-24(2)29(31(43)37-22-28(41)47-4)39-30(42)27-17-13-21-40(27)32(44)26(38-34(46)48-23-25-14-7-5-8-15-25)16-9-12-20-36-33(45)49-35(3)18-10-6-11-19-35/h5,7-8,14-15,24,26-27,29H,6,9-13,16-23H2,1-4H3,(H,36,45)(H,37,43)(H,38,46)(H,39,42)/t26-,27-,29-/m0/s1. The van der Waals surface area contributed by atoms with Crippen molar-refractivity contribution in [3.63, 3.8) is 0 Å². The fourth-order valence-corrected chi connectivity index (χ4v) is 6.12. The van der Waals surface area contributed by atoms with Gasteiger partial charge in [0.25, 0.3) is 0 Å². The first kappa shape index (κ1) is 39.1. The lowest BCUT2D eigenvalue weighted by Gasteiger charge is -2.33. The molecule has 1 saturated carbocycles. The number of esters is 1. The summed E-state index contributed by atoms with van der Waals surface area (Å²) in [6, 6.07) is 6.34. The van der Waals surface area contributed by atoms with Crippen LogP contribution in [0.3, 0.4) is 0 Å². The van der Waals surface area contributed by atoms with Crippen molar-refractivity contribution in [1.29, 1.82) is 0 Å². The fraction of sp³-hybridized carbons (Fsp3) is 0.657. The van der Waals surface area contributed by atoms with Gasteiger partial charge >= 0.3 is 18.2 Å². The summed E-state index contributed by atoms with van der Waals surface area (Å²) in [7, 11) is 1.21. The van der Waals surface area contributed by atoms with Crippen molar-refractivity contribution in [2.45, 2.75) is 115 Å². The topological polar surface area (TPSA) is 181 Å². The Bertz CT molecular complexity index is 1270. The highest BCUT2D eigenvalue weighted by molar-refractivity contribution is 5.95. The van der Waals surface area contributed by atoms with Crippen LogP contribution in [-0.4, -0.2) is 91.2 Å². The second-order valence-electron chi connectivity index (χ2n) is 13.3. The Morgan fingerprint density at radius 3 is 2.31 bits per heavy atom. The highest BCUT2D eigenvalue weighted by Crippen LogP contribution is 2.31. The van der Waals surface area contributed by atoms with Crippen LogP contribution in [0.25, 0.3) is 0 Å². The zero-order valence-electron chi connectivity index (χ0n) is 29.2. The van der Waals surface area contributed by atoms with Crippen molar-refractivity contribution in [1.82, 2.24) is 26.2 Å². The van der Waals surface area contributed by atoms with Gasteiger partial charge in [-0.25, -0.2) is 9.59 Å². The number of benzene rings is 1. The van der Waals surface area contributed by atoms with Gasteiger partial charge < -0.3 is 40.4 Å². The number of likely N-dealkylation sites (tertiary alicyclic amines) is 1. The molecule has 5 amide bonds. The molecular weight excluding hydrogens is 634 g/mol. The summed E-state index contributed by atoms with van der Waals surface area (Å²) in [4.78, 5) is 78.4. The summed E-state index contributed by atoms with van der Waals surface area (Å²) in [6.07, 6.45) is 5.83. The van der Waals surface area contributed by atoms with Crippen LogP contribution in [0.15, 0.2) is 30.3 Å². The van der Waals surface area contributed by atoms with E-state index in [1.165, 1.54) is 12.0 Å². The molecule has 1 heterocycles. The Balaban J connectivity index is 1.61. The zero-order valence-corrected chi connectivity index (χ0v) is 29.2. The van der Waals surface area contributed by atoms with Gasteiger partial charge in [-0.1, -0.05) is 50.6 Å². The Morgan fingerprint density at radius 1 is 0.918 bits per heavy atom. The molecule has 1 saturated heterocycles. The van der Waals surface area contributed by atoms with E-state index in [0.717, 1.165) is 37.7 Å². The molecule has 1 aromatic carbocycles. The molecule has 0 bridgehead atoms. The number of unbranched alkanes of at least 4 members (excludes halogenated alkanes) is 1. The molecule has 0 unspecified atom stereocenters. The highest BCUT2D eigenvalue weighted by Gasteiger charge is 2.39. The largest absolute Gasteiger partial charge is 0.468 e. The number of rotatable bonds is 16. The number of methoxy groups -OCH3 is 1. The maximum absolute atomic E-state index is 13.9. The van der Waals surface area contributed by atoms with Crippen molar-refractivity contribution in [3.05, 3.63) is 35.9 Å². The SMILES string of the molecule is COC(=O)CNC(=O)[C@@H](NC(=O)[C@@H]1CCCN1C(=O)[C@H](CCCCNC(=O)OC1(C)CCCCC1)NC(=O)OCc1ccccc1)C(C)C. The minimum absolute atomic E-state index is 0.0158. The number of nitrogens with one attached hydrogen (secondary N) is 4. The molecule has 0 aromatic heterocycles. The van der Waals surface area contributed by atoms with E-state index in [4.69, 9.17) is 9.47 Å². The third kappa shape index (κ3) is 12.9. The van der Waals surface area contributed by atoms with Crippen LogP contribution in [0, 0.1) is 5.92 Å². The van der Waals surface area contributed by atoms with Crippen LogP contribution in [-0.2, 0) is 40.0 Å². The number of nitrogens with zero attached hydrogens (tertiary/aromatic N) is 1. The van der Waals surface area contributed by atoms with Gasteiger partial charge in [0.05, 0.1) is 7.11 Å². The summed E-state index contributed by atoms with van der Waals surface area (Å²) in [5, 5.41) is 10.7. The molecule has 0 spiro atoms. The molecule has 14 nitrogen and oxygen atoms in total. The second-order valence-corrected chi connectivity index (χ2v) is 13.3. The minimum atomic E-state index is -0.992. The van der Waals surface area contributed by atoms with Crippen LogP contribution in [0.5, 0.6) is 0 Å². The van der Waals surface area contributed by atoms with E-state index in [2.05, 4.69) is 26.0 Å². The third-order valence-electron chi connectivity index (χ3n) is 8.96. The van der Waals surface area contributed by atoms with E-state index >= 15 is 0 Å². The molecule has 2 aliphatic rings. The second kappa shape index (κ2) is 19.6. The molecule has 2 fully saturated rings. The molecule has 1 aliphatic heterocycles. The van der Waals surface area contributed by atoms with Crippen LogP contribution >= 0.6 is 0 Å². The molecular formula is C35H53N5O9. The van der Waals surface area contributed by atoms with Crippen LogP contribution in [0.4, 0.5) is 9.59 Å². The lowest BCUT2D eigenvalue weighted by Crippen LogP contribution is -2.57. The summed E-state index contributed by atoms with van der Waals surface area (Å²) < 4.78 is 15.6. The number of carbonyl (C=O) groups excluding carboxylic acids is 6. The molecule has 1 aliphatic carbocycles. The number of amides is 5. The zero-order chi connectivity index (χ0) is 35.8. The fourth-order valence-electron chi connectivity index (χ4n) is 6.12. The van der Waals surface area contributed by atoms with Gasteiger partial charge in [0.2, 0.25) is 17.7 Å². The monoisotopic (exact) mass is 687 g/mol. The van der Waals surface area contributed by atoms with Crippen LogP contribution in [0.2, 0.25) is 0 Å². The highest BCUT2D eigenvalue weighted by atomic mass is 16.6. The van der Waals surface area contributed by atoms with Crippen LogP contribution < -0.4 is 21.3 Å². The van der Waals surface area contributed by atoms with Gasteiger partial charge in [0, 0.05) is 13.1 Å². The van der Waals surface area contributed by atoms with Crippen LogP contribution in [0.1, 0.15) is 90.5 Å². The van der Waals surface area contributed by atoms with Gasteiger partial charge in [-0.15, -0.1) is 0 Å². The lowest BCUT2D eigenvalue weighted by molar-refractivity contribution is -0.142. The number of hydrogen-bond acceptors (Lipinski definition) is 9. The Kier molecular flexibility index (Phi) is 15.6. The Morgan fingerprint density at radius 2 is 1.63 bits per heavy atom. The molecule has 4 N–H and O–H groups in total. The van der Waals surface area contributed by atoms with Gasteiger partial charge in [-0.2, -0.15) is 0 Å². The summed E-state index contributed by atoms with van der Waals surface area (Å²) in [5.74, 6) is -2.42. The van der Waals surface area contributed by atoms with E-state index in [9.17, 15) is 28.8 Å². The third-order valence-corrected chi connectivity index (χ3v) is 8.96. The van der Waals surface area contributed by atoms with Crippen molar-refractivity contribution >= 4 is 35.9 Å². The average molecular weight is 688 g/mol. The number of ether oxygens (including phenoxy) is 3. The number of hydrogen-bond donors (Lipinski definition) is 4. The Hall–Kier alpha value is -4.36. The maximum atomic E-state index is 13.9. The predicted octanol–water partition coefficient (Wildman–Crippen LogP) is 3.32. The first-order chi connectivity index (χ1) is 23.4. The number of carbonyl (C=O) groups is 6. The maximum Gasteiger partial charge on any atom is 0.408 e. The van der Waals surface area contributed by atoms with E-state index < -0.39 is 59.6 Å². The molecule has 3 rings (SSSR count). The first-order valence-corrected chi connectivity index (χ1v) is 17.3. The van der Waals surface area contributed by atoms with Gasteiger partial charge in [-0.3, -0.25) is 19.2 Å². The van der Waals surface area contributed by atoms with Crippen molar-refractivity contribution in [3.8, 4) is 0 Å². The first-order valence-electron chi connectivity index (χ1n) is 17.3. The van der Waals surface area contributed by atoms with Crippen molar-refractivity contribution < 1.29 is 43.0 Å². The molecule has 272 valence electrons. The van der Waals surface area contributed by atoms with E-state index in [0.29, 0.717) is 38.8 Å². The smallest absolute Gasteiger partial charge is 0.408 e. The van der Waals surface area contributed by atoms with E-state index in [-0.39, 0.29) is 25.5 Å². The molecule has 14 heteroatoms. The normalized spacial score (nSPS) is 18.1. The molecule has 49 heavy (non-hydrogen) atoms. The molecule has 3 atom stereocenters. The summed E-state index contributed by atoms with van der Waals surface area (Å²) >= 11 is 0. The quantitative estimate of drug-likeness (QED) is 0.115. The summed E-state index contributed by atoms with van der Waals surface area (Å²) in [6.45, 7) is 5.77. The van der Waals surface area contributed by atoms with Crippen molar-refractivity contribution in [2.75, 3.05) is 26.7 Å². The Labute approximate surface area is 288 Å². The lowest BCUT2D eigenvalue weighted by atomic mass is 9.86. The van der Waals surface area contributed by atoms with E-state index in [1.807, 2.05) is 37.3 Å². The number of alkyl carbamates (subject to hydrolysis) is 2. The van der Waals surface area contributed by atoms with Gasteiger partial charge in [0.1, 0.15) is 36.9 Å². The van der Waals surface area contributed by atoms with E-state index in [1.54, 1.807) is 13.8 Å². The van der Waals surface area contributed by atoms with Gasteiger partial charge in [0.15, 0.2) is 0 Å². The average Bonchev–Trinajstić information content (AvgIpc) is 3.58. The molecule has 0 radical (unpaired) electrons.